The van der Waals surface area contributed by atoms with E-state index in [0.717, 1.165) is 0 Å². The van der Waals surface area contributed by atoms with Crippen LogP contribution in [0.15, 0.2) is 22.8 Å². The van der Waals surface area contributed by atoms with Crippen molar-refractivity contribution >= 4 is 5.91 Å². The highest BCUT2D eigenvalue weighted by molar-refractivity contribution is 5.91. The molecular weight excluding hydrogens is 206 g/mol. The molecule has 0 saturated heterocycles. The lowest BCUT2D eigenvalue weighted by Gasteiger charge is -2.25. The van der Waals surface area contributed by atoms with E-state index < -0.39 is 6.10 Å². The average Bonchev–Trinajstić information content (AvgIpc) is 2.68. The SMILES string of the molecule is CC(C)(C)C(O)CCNC(=O)c1ccco1. The summed E-state index contributed by atoms with van der Waals surface area (Å²) in [6.45, 7) is 6.34. The van der Waals surface area contributed by atoms with Crippen molar-refractivity contribution in [1.82, 2.24) is 5.32 Å². The number of aliphatic hydroxyl groups is 1. The summed E-state index contributed by atoms with van der Waals surface area (Å²) in [5.74, 6) is 0.0522. The summed E-state index contributed by atoms with van der Waals surface area (Å²) in [6, 6.07) is 3.27. The number of amides is 1. The zero-order valence-corrected chi connectivity index (χ0v) is 9.99. The predicted octanol–water partition coefficient (Wildman–Crippen LogP) is 1.81. The number of carbonyl (C=O) groups is 1. The summed E-state index contributed by atoms with van der Waals surface area (Å²) in [5, 5.41) is 12.4. The minimum Gasteiger partial charge on any atom is -0.459 e. The summed E-state index contributed by atoms with van der Waals surface area (Å²) in [4.78, 5) is 11.5. The maximum absolute atomic E-state index is 11.5. The van der Waals surface area contributed by atoms with Crippen LogP contribution in [0.3, 0.4) is 0 Å². The van der Waals surface area contributed by atoms with Gasteiger partial charge in [-0.25, -0.2) is 0 Å². The maximum Gasteiger partial charge on any atom is 0.286 e. The van der Waals surface area contributed by atoms with Gasteiger partial charge in [0.15, 0.2) is 5.76 Å². The summed E-state index contributed by atoms with van der Waals surface area (Å²) < 4.78 is 4.95. The van der Waals surface area contributed by atoms with E-state index in [4.69, 9.17) is 4.42 Å². The zero-order valence-electron chi connectivity index (χ0n) is 9.99. The highest BCUT2D eigenvalue weighted by atomic mass is 16.3. The lowest BCUT2D eigenvalue weighted by molar-refractivity contribution is 0.0549. The van der Waals surface area contributed by atoms with Crippen molar-refractivity contribution in [3.63, 3.8) is 0 Å². The van der Waals surface area contributed by atoms with Gasteiger partial charge in [0.2, 0.25) is 0 Å². The van der Waals surface area contributed by atoms with E-state index in [1.54, 1.807) is 12.1 Å². The molecule has 0 aromatic carbocycles. The van der Waals surface area contributed by atoms with Gasteiger partial charge in [-0.1, -0.05) is 20.8 Å². The van der Waals surface area contributed by atoms with Gasteiger partial charge in [-0.05, 0) is 24.0 Å². The van der Waals surface area contributed by atoms with Crippen LogP contribution in [0.1, 0.15) is 37.7 Å². The summed E-state index contributed by atoms with van der Waals surface area (Å²) in [7, 11) is 0. The van der Waals surface area contributed by atoms with E-state index in [1.807, 2.05) is 20.8 Å². The molecule has 0 radical (unpaired) electrons. The molecule has 1 heterocycles. The van der Waals surface area contributed by atoms with Gasteiger partial charge < -0.3 is 14.8 Å². The second-order valence-corrected chi connectivity index (χ2v) is 4.90. The summed E-state index contributed by atoms with van der Waals surface area (Å²) in [5.41, 5.74) is -0.157. The van der Waals surface area contributed by atoms with E-state index in [9.17, 15) is 9.90 Å². The summed E-state index contributed by atoms with van der Waals surface area (Å²) >= 11 is 0. The van der Waals surface area contributed by atoms with Crippen molar-refractivity contribution in [1.29, 1.82) is 0 Å². The molecule has 1 unspecified atom stereocenters. The molecule has 0 spiro atoms. The van der Waals surface area contributed by atoms with Gasteiger partial charge in [0.25, 0.3) is 5.91 Å². The van der Waals surface area contributed by atoms with Gasteiger partial charge in [0.1, 0.15) is 0 Å². The monoisotopic (exact) mass is 225 g/mol. The minimum atomic E-state index is -0.426. The van der Waals surface area contributed by atoms with Gasteiger partial charge >= 0.3 is 0 Å². The Hall–Kier alpha value is -1.29. The van der Waals surface area contributed by atoms with Crippen LogP contribution in [-0.2, 0) is 0 Å². The Morgan fingerprint density at radius 3 is 2.75 bits per heavy atom. The van der Waals surface area contributed by atoms with Crippen LogP contribution in [0.2, 0.25) is 0 Å². The van der Waals surface area contributed by atoms with Crippen LogP contribution in [-0.4, -0.2) is 23.7 Å². The van der Waals surface area contributed by atoms with E-state index in [0.29, 0.717) is 18.7 Å². The Morgan fingerprint density at radius 2 is 2.25 bits per heavy atom. The van der Waals surface area contributed by atoms with Crippen LogP contribution in [0.4, 0.5) is 0 Å². The van der Waals surface area contributed by atoms with Crippen molar-refractivity contribution in [2.24, 2.45) is 5.41 Å². The van der Waals surface area contributed by atoms with E-state index in [1.165, 1.54) is 6.26 Å². The van der Waals surface area contributed by atoms with Gasteiger partial charge in [-0.3, -0.25) is 4.79 Å². The lowest BCUT2D eigenvalue weighted by atomic mass is 9.87. The fraction of sp³-hybridized carbons (Fsp3) is 0.583. The third-order valence-corrected chi connectivity index (χ3v) is 2.45. The second-order valence-electron chi connectivity index (χ2n) is 4.90. The van der Waals surface area contributed by atoms with Gasteiger partial charge in [0.05, 0.1) is 12.4 Å². The molecule has 0 aliphatic rings. The second kappa shape index (κ2) is 5.16. The molecule has 0 aliphatic heterocycles. The van der Waals surface area contributed by atoms with Crippen molar-refractivity contribution in [2.45, 2.75) is 33.3 Å². The first-order valence-corrected chi connectivity index (χ1v) is 5.41. The van der Waals surface area contributed by atoms with Crippen LogP contribution in [0.5, 0.6) is 0 Å². The lowest BCUT2D eigenvalue weighted by Crippen LogP contribution is -2.32. The third kappa shape index (κ3) is 3.70. The number of carbonyl (C=O) groups excluding carboxylic acids is 1. The molecule has 4 nitrogen and oxygen atoms in total. The smallest absolute Gasteiger partial charge is 0.286 e. The topological polar surface area (TPSA) is 62.5 Å². The third-order valence-electron chi connectivity index (χ3n) is 2.45. The van der Waals surface area contributed by atoms with Crippen LogP contribution < -0.4 is 5.32 Å². The zero-order chi connectivity index (χ0) is 12.2. The molecule has 1 aromatic heterocycles. The molecule has 0 bridgehead atoms. The molecule has 90 valence electrons. The quantitative estimate of drug-likeness (QED) is 0.821. The first-order valence-electron chi connectivity index (χ1n) is 5.41. The van der Waals surface area contributed by atoms with E-state index >= 15 is 0 Å². The number of furan rings is 1. The molecule has 2 N–H and O–H groups in total. The van der Waals surface area contributed by atoms with Crippen LogP contribution in [0, 0.1) is 5.41 Å². The van der Waals surface area contributed by atoms with Crippen LogP contribution >= 0.6 is 0 Å². The van der Waals surface area contributed by atoms with Crippen molar-refractivity contribution in [2.75, 3.05) is 6.54 Å². The Bertz CT molecular complexity index is 325. The molecule has 4 heteroatoms. The van der Waals surface area contributed by atoms with Crippen molar-refractivity contribution in [3.8, 4) is 0 Å². The van der Waals surface area contributed by atoms with Crippen molar-refractivity contribution in [3.05, 3.63) is 24.2 Å². The predicted molar refractivity (Wildman–Crippen MR) is 61.1 cm³/mol. The normalized spacial score (nSPS) is 13.5. The van der Waals surface area contributed by atoms with E-state index in [2.05, 4.69) is 5.32 Å². The minimum absolute atomic E-state index is 0.157. The molecule has 0 fully saturated rings. The fourth-order valence-corrected chi connectivity index (χ4v) is 1.25. The molecular formula is C12H19NO3. The average molecular weight is 225 g/mol. The number of rotatable bonds is 4. The fourth-order valence-electron chi connectivity index (χ4n) is 1.25. The highest BCUT2D eigenvalue weighted by Crippen LogP contribution is 2.20. The highest BCUT2D eigenvalue weighted by Gasteiger charge is 2.21. The standard InChI is InChI=1S/C12H19NO3/c1-12(2,3)10(14)6-7-13-11(15)9-5-4-8-16-9/h4-5,8,10,14H,6-7H2,1-3H3,(H,13,15). The molecule has 0 saturated carbocycles. The Kier molecular flexibility index (Phi) is 4.12. The molecule has 1 rings (SSSR count). The largest absolute Gasteiger partial charge is 0.459 e. The molecule has 0 aliphatic carbocycles. The Labute approximate surface area is 95.7 Å². The number of hydrogen-bond donors (Lipinski definition) is 2. The molecule has 16 heavy (non-hydrogen) atoms. The maximum atomic E-state index is 11.5. The first kappa shape index (κ1) is 12.8. The number of hydrogen-bond acceptors (Lipinski definition) is 3. The number of aliphatic hydroxyl groups excluding tert-OH is 1. The van der Waals surface area contributed by atoms with Crippen LogP contribution in [0.25, 0.3) is 0 Å². The van der Waals surface area contributed by atoms with Crippen molar-refractivity contribution < 1.29 is 14.3 Å². The number of nitrogens with one attached hydrogen (secondary N) is 1. The van der Waals surface area contributed by atoms with Gasteiger partial charge in [-0.2, -0.15) is 0 Å². The Balaban J connectivity index is 2.29. The van der Waals surface area contributed by atoms with E-state index in [-0.39, 0.29) is 11.3 Å². The molecule has 1 atom stereocenters. The Morgan fingerprint density at radius 1 is 1.56 bits per heavy atom. The summed E-state index contributed by atoms with van der Waals surface area (Å²) in [6.07, 6.45) is 1.57. The van der Waals surface area contributed by atoms with Gasteiger partial charge in [0, 0.05) is 6.54 Å². The van der Waals surface area contributed by atoms with Gasteiger partial charge in [-0.15, -0.1) is 0 Å². The first-order chi connectivity index (χ1) is 7.41. The molecule has 1 aromatic rings. The molecule has 1 amide bonds.